The third kappa shape index (κ3) is 5.20. The first-order chi connectivity index (χ1) is 16.8. The summed E-state index contributed by atoms with van der Waals surface area (Å²) in [5.41, 5.74) is 5.19. The van der Waals surface area contributed by atoms with Gasteiger partial charge in [-0.1, -0.05) is 36.4 Å². The Balaban J connectivity index is 1.24. The van der Waals surface area contributed by atoms with Crippen LogP contribution in [0.2, 0.25) is 0 Å². The largest absolute Gasteiger partial charge is 0.487 e. The molecule has 0 aliphatic carbocycles. The van der Waals surface area contributed by atoms with Crippen molar-refractivity contribution in [1.29, 1.82) is 0 Å². The number of ether oxygens (including phenoxy) is 2. The molecule has 1 fully saturated rings. The maximum atomic E-state index is 12.7. The second kappa shape index (κ2) is 9.38. The van der Waals surface area contributed by atoms with Crippen LogP contribution in [0.25, 0.3) is 11.3 Å². The molecule has 3 aliphatic heterocycles. The fourth-order valence-corrected chi connectivity index (χ4v) is 5.13. The lowest BCUT2D eigenvalue weighted by Crippen LogP contribution is -2.41. The molecule has 2 aromatic rings. The molecule has 35 heavy (non-hydrogen) atoms. The molecule has 2 amide bonds. The summed E-state index contributed by atoms with van der Waals surface area (Å²) >= 11 is 0. The summed E-state index contributed by atoms with van der Waals surface area (Å²) < 4.78 is 11.4. The molecule has 1 saturated heterocycles. The zero-order valence-electron chi connectivity index (χ0n) is 20.6. The van der Waals surface area contributed by atoms with Crippen LogP contribution in [-0.2, 0) is 27.4 Å². The van der Waals surface area contributed by atoms with E-state index in [1.54, 1.807) is 0 Å². The molecule has 7 heteroatoms. The highest BCUT2D eigenvalue weighted by molar-refractivity contribution is 6.36. The van der Waals surface area contributed by atoms with Gasteiger partial charge in [0.15, 0.2) is 0 Å². The van der Waals surface area contributed by atoms with Crippen molar-refractivity contribution >= 4 is 29.0 Å². The predicted molar refractivity (Wildman–Crippen MR) is 135 cm³/mol. The second-order valence-electron chi connectivity index (χ2n) is 10.6. The summed E-state index contributed by atoms with van der Waals surface area (Å²) in [6.45, 7) is 9.56. The lowest BCUT2D eigenvalue weighted by atomic mass is 9.96. The number of nitrogens with one attached hydrogen (secondary N) is 2. The summed E-state index contributed by atoms with van der Waals surface area (Å²) in [6, 6.07) is 14.1. The van der Waals surface area contributed by atoms with Crippen molar-refractivity contribution in [3.05, 3.63) is 64.7 Å². The number of fused-ring (bicyclic) bond motifs is 2. The van der Waals surface area contributed by atoms with Crippen LogP contribution in [0.15, 0.2) is 42.5 Å². The minimum absolute atomic E-state index is 0.113. The van der Waals surface area contributed by atoms with Gasteiger partial charge in [-0.25, -0.2) is 4.79 Å². The molecule has 0 radical (unpaired) electrons. The molecule has 0 bridgehead atoms. The first-order valence-corrected chi connectivity index (χ1v) is 12.4. The molecular formula is C28H33N3O4. The molecule has 5 rings (SSSR count). The average Bonchev–Trinajstić information content (AvgIpc) is 3.36. The Kier molecular flexibility index (Phi) is 6.28. The van der Waals surface area contributed by atoms with Crippen molar-refractivity contribution in [1.82, 2.24) is 10.2 Å². The molecule has 2 aromatic carbocycles. The van der Waals surface area contributed by atoms with E-state index in [-0.39, 0.29) is 12.0 Å². The molecule has 1 atom stereocenters. The Hall–Kier alpha value is -3.32. The minimum atomic E-state index is -0.485. The molecule has 2 N–H and O–H groups in total. The van der Waals surface area contributed by atoms with Gasteiger partial charge in [-0.15, -0.1) is 0 Å². The monoisotopic (exact) mass is 475 g/mol. The summed E-state index contributed by atoms with van der Waals surface area (Å²) in [5, 5.41) is 5.86. The van der Waals surface area contributed by atoms with E-state index in [9.17, 15) is 9.59 Å². The van der Waals surface area contributed by atoms with Gasteiger partial charge in [-0.2, -0.15) is 0 Å². The Morgan fingerprint density at radius 1 is 1.20 bits per heavy atom. The first-order valence-electron chi connectivity index (χ1n) is 12.4. The van der Waals surface area contributed by atoms with E-state index < -0.39 is 5.60 Å². The van der Waals surface area contributed by atoms with E-state index in [1.807, 2.05) is 45.0 Å². The van der Waals surface area contributed by atoms with Crippen LogP contribution in [-0.4, -0.2) is 42.1 Å². The molecule has 7 nitrogen and oxygen atoms in total. The van der Waals surface area contributed by atoms with Gasteiger partial charge in [0.05, 0.1) is 5.57 Å². The first kappa shape index (κ1) is 23.4. The topological polar surface area (TPSA) is 79.9 Å². The molecular weight excluding hydrogens is 442 g/mol. The number of para-hydroxylation sites is 1. The van der Waals surface area contributed by atoms with Gasteiger partial charge in [0.1, 0.15) is 18.0 Å². The number of benzene rings is 2. The Labute approximate surface area is 206 Å². The number of amides is 2. The molecule has 3 aliphatic rings. The standard InChI is InChI=1S/C28H33N3O4/c1-28(2,3)35-27(33)29-14-19-7-6-12-31(16-19)15-18-10-11-21-20(13-18)17-34-25(21)24-22-8-4-5-9-23(22)30-26(24)32/h4-5,8-11,13,19H,6-7,12,14-17H2,1-3H3,(H,29,33)(H,30,32). The molecule has 0 saturated carbocycles. The van der Waals surface area contributed by atoms with Crippen LogP contribution < -0.4 is 10.6 Å². The summed E-state index contributed by atoms with van der Waals surface area (Å²) in [7, 11) is 0. The van der Waals surface area contributed by atoms with Crippen LogP contribution in [0.4, 0.5) is 10.5 Å². The van der Waals surface area contributed by atoms with E-state index in [2.05, 4.69) is 33.7 Å². The number of alkyl carbamates (subject to hydrolysis) is 1. The zero-order chi connectivity index (χ0) is 24.6. The number of hydrogen-bond donors (Lipinski definition) is 2. The van der Waals surface area contributed by atoms with Crippen LogP contribution in [0.5, 0.6) is 0 Å². The van der Waals surface area contributed by atoms with E-state index >= 15 is 0 Å². The highest BCUT2D eigenvalue weighted by Crippen LogP contribution is 2.41. The highest BCUT2D eigenvalue weighted by Gasteiger charge is 2.32. The van der Waals surface area contributed by atoms with Crippen LogP contribution in [0.3, 0.4) is 0 Å². The van der Waals surface area contributed by atoms with Gasteiger partial charge in [-0.05, 0) is 57.7 Å². The molecule has 1 unspecified atom stereocenters. The third-order valence-corrected chi connectivity index (χ3v) is 6.63. The Morgan fingerprint density at radius 2 is 2.03 bits per heavy atom. The van der Waals surface area contributed by atoms with Gasteiger partial charge in [0.25, 0.3) is 5.91 Å². The number of carbonyl (C=O) groups is 2. The van der Waals surface area contributed by atoms with Gasteiger partial charge in [0, 0.05) is 42.0 Å². The smallest absolute Gasteiger partial charge is 0.407 e. The van der Waals surface area contributed by atoms with Gasteiger partial charge in [0.2, 0.25) is 0 Å². The summed E-state index contributed by atoms with van der Waals surface area (Å²) in [5.74, 6) is 0.962. The molecule has 0 spiro atoms. The number of anilines is 1. The lowest BCUT2D eigenvalue weighted by Gasteiger charge is -2.33. The van der Waals surface area contributed by atoms with E-state index in [1.165, 1.54) is 5.56 Å². The number of piperidine rings is 1. The van der Waals surface area contributed by atoms with Crippen molar-refractivity contribution in [2.24, 2.45) is 5.92 Å². The van der Waals surface area contributed by atoms with Crippen molar-refractivity contribution in [3.63, 3.8) is 0 Å². The fraction of sp³-hybridized carbons (Fsp3) is 0.429. The summed E-state index contributed by atoms with van der Waals surface area (Å²) in [6.07, 6.45) is 1.86. The molecule has 3 heterocycles. The minimum Gasteiger partial charge on any atom is -0.487 e. The second-order valence-corrected chi connectivity index (χ2v) is 10.6. The van der Waals surface area contributed by atoms with Crippen LogP contribution in [0.1, 0.15) is 55.9 Å². The Morgan fingerprint density at radius 3 is 2.86 bits per heavy atom. The van der Waals surface area contributed by atoms with Crippen LogP contribution in [0, 0.1) is 5.92 Å². The number of hydrogen-bond acceptors (Lipinski definition) is 5. The van der Waals surface area contributed by atoms with Crippen LogP contribution >= 0.6 is 0 Å². The number of likely N-dealkylation sites (tertiary alicyclic amines) is 1. The van der Waals surface area contributed by atoms with Gasteiger partial charge >= 0.3 is 6.09 Å². The number of nitrogens with zero attached hydrogens (tertiary/aromatic N) is 1. The quantitative estimate of drug-likeness (QED) is 0.623. The van der Waals surface area contributed by atoms with Gasteiger partial charge < -0.3 is 20.1 Å². The fourth-order valence-electron chi connectivity index (χ4n) is 5.13. The van der Waals surface area contributed by atoms with E-state index in [4.69, 9.17) is 9.47 Å². The zero-order valence-corrected chi connectivity index (χ0v) is 20.6. The molecule has 0 aromatic heterocycles. The number of rotatable bonds is 4. The van der Waals surface area contributed by atoms with Crippen molar-refractivity contribution in [2.45, 2.75) is 52.4 Å². The molecule has 184 valence electrons. The average molecular weight is 476 g/mol. The normalized spacial score (nSPS) is 21.7. The lowest BCUT2D eigenvalue weighted by molar-refractivity contribution is -0.110. The van der Waals surface area contributed by atoms with Crippen molar-refractivity contribution in [2.75, 3.05) is 25.0 Å². The highest BCUT2D eigenvalue weighted by atomic mass is 16.6. The predicted octanol–water partition coefficient (Wildman–Crippen LogP) is 4.77. The number of carbonyl (C=O) groups excluding carboxylic acids is 2. The summed E-state index contributed by atoms with van der Waals surface area (Å²) in [4.78, 5) is 27.1. The van der Waals surface area contributed by atoms with E-state index in [0.717, 1.165) is 54.9 Å². The van der Waals surface area contributed by atoms with Gasteiger partial charge in [-0.3, -0.25) is 9.69 Å². The Bertz CT molecular complexity index is 1180. The van der Waals surface area contributed by atoms with Crippen molar-refractivity contribution < 1.29 is 19.1 Å². The maximum absolute atomic E-state index is 12.7. The maximum Gasteiger partial charge on any atom is 0.407 e. The van der Waals surface area contributed by atoms with Crippen molar-refractivity contribution in [3.8, 4) is 0 Å². The van der Waals surface area contributed by atoms with E-state index in [0.29, 0.717) is 30.4 Å². The third-order valence-electron chi connectivity index (χ3n) is 6.63. The SMILES string of the molecule is CC(C)(C)OC(=O)NCC1CCCN(Cc2ccc3c(c2)COC3=C2C(=O)Nc3ccccc32)C1.